The normalized spacial score (nSPS) is 17.0. The summed E-state index contributed by atoms with van der Waals surface area (Å²) >= 11 is 10.5. The molecule has 22 heavy (non-hydrogen) atoms. The number of oxime groups is 1. The molecule has 1 atom stereocenters. The Morgan fingerprint density at radius 2 is 2.32 bits per heavy atom. The van der Waals surface area contributed by atoms with E-state index in [1.165, 1.54) is 11.3 Å². The lowest BCUT2D eigenvalue weighted by molar-refractivity contribution is 0.0755. The molecule has 1 N–H and O–H groups in total. The van der Waals surface area contributed by atoms with Crippen molar-refractivity contribution in [2.75, 3.05) is 6.54 Å². The monoisotopic (exact) mass is 398 g/mol. The Morgan fingerprint density at radius 3 is 3.05 bits per heavy atom. The first-order chi connectivity index (χ1) is 10.6. The van der Waals surface area contributed by atoms with E-state index in [1.54, 1.807) is 12.1 Å². The number of carbonyl (C=O) groups is 1. The van der Waals surface area contributed by atoms with Gasteiger partial charge in [0.2, 0.25) is 0 Å². The van der Waals surface area contributed by atoms with Crippen LogP contribution in [-0.4, -0.2) is 24.3 Å². The molecule has 114 valence electrons. The van der Waals surface area contributed by atoms with Crippen molar-refractivity contribution in [1.82, 2.24) is 5.32 Å². The van der Waals surface area contributed by atoms with Crippen LogP contribution in [0.3, 0.4) is 0 Å². The molecule has 1 aliphatic rings. The van der Waals surface area contributed by atoms with Gasteiger partial charge in [0, 0.05) is 16.5 Å². The molecule has 1 aliphatic heterocycles. The van der Waals surface area contributed by atoms with Crippen molar-refractivity contribution in [1.29, 1.82) is 0 Å². The minimum Gasteiger partial charge on any atom is -0.390 e. The second kappa shape index (κ2) is 6.81. The van der Waals surface area contributed by atoms with Crippen molar-refractivity contribution < 1.29 is 9.63 Å². The molecule has 3 rings (SSSR count). The summed E-state index contributed by atoms with van der Waals surface area (Å²) in [7, 11) is 0. The van der Waals surface area contributed by atoms with Gasteiger partial charge in [-0.2, -0.15) is 0 Å². The van der Waals surface area contributed by atoms with Gasteiger partial charge in [0.25, 0.3) is 5.91 Å². The standard InChI is InChI=1S/C15H12BrClN2O2S/c16-10-3-1-2-9(6-10)12-7-11(21-19-12)8-18-15(20)13-4-5-14(17)22-13/h1-6,11H,7-8H2,(H,18,20). The van der Waals surface area contributed by atoms with Crippen LogP contribution < -0.4 is 5.32 Å². The molecule has 2 aromatic rings. The third-order valence-electron chi connectivity index (χ3n) is 3.18. The zero-order valence-electron chi connectivity index (χ0n) is 11.4. The van der Waals surface area contributed by atoms with Crippen LogP contribution in [0.2, 0.25) is 4.34 Å². The average Bonchev–Trinajstić information content (AvgIpc) is 3.14. The molecule has 4 nitrogen and oxygen atoms in total. The van der Waals surface area contributed by atoms with E-state index in [-0.39, 0.29) is 12.0 Å². The summed E-state index contributed by atoms with van der Waals surface area (Å²) in [4.78, 5) is 17.9. The lowest BCUT2D eigenvalue weighted by Crippen LogP contribution is -2.31. The first kappa shape index (κ1) is 15.5. The molecule has 1 aromatic heterocycles. The van der Waals surface area contributed by atoms with Crippen LogP contribution in [0.25, 0.3) is 0 Å². The van der Waals surface area contributed by atoms with Crippen molar-refractivity contribution in [2.24, 2.45) is 5.16 Å². The third-order valence-corrected chi connectivity index (χ3v) is 4.90. The van der Waals surface area contributed by atoms with Crippen LogP contribution in [-0.2, 0) is 4.84 Å². The van der Waals surface area contributed by atoms with E-state index in [2.05, 4.69) is 26.4 Å². The molecule has 0 aliphatic carbocycles. The number of nitrogens with zero attached hydrogens (tertiary/aromatic N) is 1. The summed E-state index contributed by atoms with van der Waals surface area (Å²) in [5, 5.41) is 6.95. The van der Waals surface area contributed by atoms with E-state index in [4.69, 9.17) is 16.4 Å². The van der Waals surface area contributed by atoms with Crippen LogP contribution in [0.1, 0.15) is 21.7 Å². The fourth-order valence-corrected chi connectivity index (χ4v) is 3.47. The van der Waals surface area contributed by atoms with Crippen molar-refractivity contribution in [2.45, 2.75) is 12.5 Å². The maximum atomic E-state index is 12.0. The lowest BCUT2D eigenvalue weighted by Gasteiger charge is -2.09. The Morgan fingerprint density at radius 1 is 1.45 bits per heavy atom. The summed E-state index contributed by atoms with van der Waals surface area (Å²) in [5.74, 6) is -0.142. The quantitative estimate of drug-likeness (QED) is 0.842. The van der Waals surface area contributed by atoms with Gasteiger partial charge in [-0.1, -0.05) is 44.8 Å². The van der Waals surface area contributed by atoms with Crippen LogP contribution in [0.4, 0.5) is 0 Å². The topological polar surface area (TPSA) is 50.7 Å². The highest BCUT2D eigenvalue weighted by molar-refractivity contribution is 9.10. The highest BCUT2D eigenvalue weighted by atomic mass is 79.9. The molecule has 1 aromatic carbocycles. The summed E-state index contributed by atoms with van der Waals surface area (Å²) in [5.41, 5.74) is 1.91. The van der Waals surface area contributed by atoms with E-state index >= 15 is 0 Å². The highest BCUT2D eigenvalue weighted by Gasteiger charge is 2.23. The van der Waals surface area contributed by atoms with E-state index < -0.39 is 0 Å². The maximum Gasteiger partial charge on any atom is 0.261 e. The maximum absolute atomic E-state index is 12.0. The van der Waals surface area contributed by atoms with E-state index in [9.17, 15) is 4.79 Å². The predicted molar refractivity (Wildman–Crippen MR) is 91.8 cm³/mol. The molecular formula is C15H12BrClN2O2S. The van der Waals surface area contributed by atoms with Gasteiger partial charge in [-0.15, -0.1) is 11.3 Å². The molecule has 0 radical (unpaired) electrons. The predicted octanol–water partition coefficient (Wildman–Crippen LogP) is 4.09. The third kappa shape index (κ3) is 3.69. The number of hydrogen-bond acceptors (Lipinski definition) is 4. The van der Waals surface area contributed by atoms with Crippen molar-refractivity contribution in [3.63, 3.8) is 0 Å². The molecule has 7 heteroatoms. The number of carbonyl (C=O) groups excluding carboxylic acids is 1. The number of hydrogen-bond donors (Lipinski definition) is 1. The summed E-state index contributed by atoms with van der Waals surface area (Å²) in [6.07, 6.45) is 0.524. The highest BCUT2D eigenvalue weighted by Crippen LogP contribution is 2.22. The molecule has 1 unspecified atom stereocenters. The van der Waals surface area contributed by atoms with Gasteiger partial charge in [-0.3, -0.25) is 4.79 Å². The summed E-state index contributed by atoms with van der Waals surface area (Å²) in [6.45, 7) is 0.412. The van der Waals surface area contributed by atoms with E-state index in [1.807, 2.05) is 24.3 Å². The Hall–Kier alpha value is -1.37. The largest absolute Gasteiger partial charge is 0.390 e. The number of thiophene rings is 1. The van der Waals surface area contributed by atoms with Gasteiger partial charge in [0.05, 0.1) is 21.5 Å². The molecule has 0 bridgehead atoms. The molecule has 0 saturated heterocycles. The van der Waals surface area contributed by atoms with Crippen molar-refractivity contribution in [3.8, 4) is 0 Å². The van der Waals surface area contributed by atoms with Crippen molar-refractivity contribution >= 4 is 50.5 Å². The van der Waals surface area contributed by atoms with Crippen LogP contribution in [0.5, 0.6) is 0 Å². The fraction of sp³-hybridized carbons (Fsp3) is 0.200. The Bertz CT molecular complexity index is 732. The van der Waals surface area contributed by atoms with Gasteiger partial charge in [-0.25, -0.2) is 0 Å². The molecule has 0 saturated carbocycles. The molecule has 0 spiro atoms. The zero-order valence-corrected chi connectivity index (χ0v) is 14.5. The van der Waals surface area contributed by atoms with E-state index in [0.29, 0.717) is 22.2 Å². The zero-order chi connectivity index (χ0) is 15.5. The van der Waals surface area contributed by atoms with Gasteiger partial charge >= 0.3 is 0 Å². The van der Waals surface area contributed by atoms with Crippen molar-refractivity contribution in [3.05, 3.63) is 55.6 Å². The van der Waals surface area contributed by atoms with Crippen LogP contribution in [0.15, 0.2) is 46.0 Å². The second-order valence-corrected chi connectivity index (χ2v) is 7.42. The minimum absolute atomic E-state index is 0.142. The smallest absolute Gasteiger partial charge is 0.261 e. The summed E-state index contributed by atoms with van der Waals surface area (Å²) < 4.78 is 1.60. The number of benzene rings is 1. The fourth-order valence-electron chi connectivity index (χ4n) is 2.11. The molecule has 1 amide bonds. The Kier molecular flexibility index (Phi) is 4.81. The Labute approximate surface area is 145 Å². The van der Waals surface area contributed by atoms with Gasteiger partial charge in [0.1, 0.15) is 6.10 Å². The number of rotatable bonds is 4. The number of halogens is 2. The van der Waals surface area contributed by atoms with Gasteiger partial charge < -0.3 is 10.2 Å². The van der Waals surface area contributed by atoms with E-state index in [0.717, 1.165) is 15.7 Å². The van der Waals surface area contributed by atoms with Crippen LogP contribution >= 0.6 is 38.9 Å². The first-order valence-electron chi connectivity index (χ1n) is 6.64. The SMILES string of the molecule is O=C(NCC1CC(c2cccc(Br)c2)=NO1)c1ccc(Cl)s1. The molecular weight excluding hydrogens is 388 g/mol. The van der Waals surface area contributed by atoms with Gasteiger partial charge in [0.15, 0.2) is 0 Å². The lowest BCUT2D eigenvalue weighted by atomic mass is 10.1. The minimum atomic E-state index is -0.145. The average molecular weight is 400 g/mol. The second-order valence-electron chi connectivity index (χ2n) is 4.79. The molecule has 0 fully saturated rings. The number of amides is 1. The molecule has 2 heterocycles. The van der Waals surface area contributed by atoms with Crippen LogP contribution in [0, 0.1) is 0 Å². The Balaban J connectivity index is 1.53. The number of nitrogens with one attached hydrogen (secondary N) is 1. The summed E-state index contributed by atoms with van der Waals surface area (Å²) in [6, 6.07) is 11.3. The first-order valence-corrected chi connectivity index (χ1v) is 8.63. The van der Waals surface area contributed by atoms with Gasteiger partial charge in [-0.05, 0) is 24.3 Å².